The van der Waals surface area contributed by atoms with E-state index in [9.17, 15) is 21.6 Å². The van der Waals surface area contributed by atoms with Gasteiger partial charge in [0.15, 0.2) is 0 Å². The molecule has 1 aliphatic carbocycles. The second-order valence-corrected chi connectivity index (χ2v) is 10.8. The molecule has 1 amide bonds. The van der Waals surface area contributed by atoms with Crippen molar-refractivity contribution in [3.8, 4) is 0 Å². The zero-order valence-corrected chi connectivity index (χ0v) is 16.6. The van der Waals surface area contributed by atoms with Gasteiger partial charge in [-0.3, -0.25) is 13.3 Å². The van der Waals surface area contributed by atoms with Crippen LogP contribution in [0.3, 0.4) is 0 Å². The van der Waals surface area contributed by atoms with Gasteiger partial charge in [0, 0.05) is 6.54 Å². The number of amides is 1. The molecule has 2 aliphatic rings. The first-order valence-electron chi connectivity index (χ1n) is 7.90. The quantitative estimate of drug-likeness (QED) is 0.639. The van der Waals surface area contributed by atoms with Crippen LogP contribution in [0.2, 0.25) is 0 Å². The summed E-state index contributed by atoms with van der Waals surface area (Å²) in [5.74, 6) is 0. The fourth-order valence-electron chi connectivity index (χ4n) is 3.07. The second kappa shape index (κ2) is 6.36. The van der Waals surface area contributed by atoms with Gasteiger partial charge in [0.25, 0.3) is 20.2 Å². The minimum atomic E-state index is -3.88. The van der Waals surface area contributed by atoms with Crippen LogP contribution < -0.4 is 0 Å². The average Bonchev–Trinajstić information content (AvgIpc) is 3.10. The van der Waals surface area contributed by atoms with Crippen molar-refractivity contribution in [1.82, 2.24) is 4.90 Å². The van der Waals surface area contributed by atoms with Crippen LogP contribution in [-0.4, -0.2) is 70.2 Å². The van der Waals surface area contributed by atoms with Crippen LogP contribution in [0.15, 0.2) is 0 Å². The third kappa shape index (κ3) is 5.28. The molecule has 0 radical (unpaired) electrons. The Hall–Kier alpha value is -0.910. The lowest BCUT2D eigenvalue weighted by Crippen LogP contribution is -2.61. The highest BCUT2D eigenvalue weighted by molar-refractivity contribution is 7.86. The lowest BCUT2D eigenvalue weighted by molar-refractivity contribution is -0.0652. The fraction of sp³-hybridized carbons (Fsp3) is 0.929. The van der Waals surface area contributed by atoms with Gasteiger partial charge in [0.05, 0.1) is 18.1 Å². The maximum Gasteiger partial charge on any atom is 0.410 e. The van der Waals surface area contributed by atoms with Gasteiger partial charge in [0.1, 0.15) is 17.8 Å². The summed E-state index contributed by atoms with van der Waals surface area (Å²) in [6, 6.07) is 0. The lowest BCUT2D eigenvalue weighted by atomic mass is 9.94. The Kier molecular flexibility index (Phi) is 5.19. The van der Waals surface area contributed by atoms with Crippen LogP contribution in [-0.2, 0) is 33.3 Å². The topological polar surface area (TPSA) is 116 Å². The second-order valence-electron chi connectivity index (χ2n) is 7.58. The van der Waals surface area contributed by atoms with E-state index in [0.717, 1.165) is 12.5 Å². The van der Waals surface area contributed by atoms with Gasteiger partial charge in [-0.25, -0.2) is 4.79 Å². The normalized spacial score (nSPS) is 26.5. The van der Waals surface area contributed by atoms with Crippen LogP contribution in [0.25, 0.3) is 0 Å². The van der Waals surface area contributed by atoms with Crippen LogP contribution >= 0.6 is 0 Å². The fourth-order valence-corrected chi connectivity index (χ4v) is 4.39. The maximum atomic E-state index is 12.5. The number of hydrogen-bond acceptors (Lipinski definition) is 8. The van der Waals surface area contributed by atoms with Crippen LogP contribution in [0.5, 0.6) is 0 Å². The molecule has 11 heteroatoms. The Balaban J connectivity index is 2.31. The van der Waals surface area contributed by atoms with E-state index in [2.05, 4.69) is 0 Å². The highest BCUT2D eigenvalue weighted by atomic mass is 32.2. The zero-order valence-electron chi connectivity index (χ0n) is 15.0. The van der Waals surface area contributed by atoms with Gasteiger partial charge < -0.3 is 4.74 Å². The number of hydrogen-bond donors (Lipinski definition) is 0. The molecule has 1 spiro atoms. The van der Waals surface area contributed by atoms with Crippen molar-refractivity contribution in [3.63, 3.8) is 0 Å². The van der Waals surface area contributed by atoms with Crippen molar-refractivity contribution in [1.29, 1.82) is 0 Å². The van der Waals surface area contributed by atoms with E-state index in [1.165, 1.54) is 4.90 Å². The van der Waals surface area contributed by atoms with Gasteiger partial charge >= 0.3 is 6.09 Å². The van der Waals surface area contributed by atoms with Gasteiger partial charge in [-0.15, -0.1) is 0 Å². The molecular formula is C14H25NO8S2. The summed E-state index contributed by atoms with van der Waals surface area (Å²) < 4.78 is 62.0. The molecule has 1 saturated carbocycles. The molecule has 2 fully saturated rings. The summed E-state index contributed by atoms with van der Waals surface area (Å²) in [5, 5.41) is 0. The molecular weight excluding hydrogens is 374 g/mol. The van der Waals surface area contributed by atoms with Crippen LogP contribution in [0.1, 0.15) is 40.0 Å². The number of piperidine rings is 1. The van der Waals surface area contributed by atoms with E-state index in [1.54, 1.807) is 20.8 Å². The highest BCUT2D eigenvalue weighted by Crippen LogP contribution is 2.51. The van der Waals surface area contributed by atoms with E-state index in [4.69, 9.17) is 13.1 Å². The van der Waals surface area contributed by atoms with Crippen LogP contribution in [0.4, 0.5) is 4.79 Å². The smallest absolute Gasteiger partial charge is 0.410 e. The first-order chi connectivity index (χ1) is 11.1. The molecule has 0 N–H and O–H groups in total. The zero-order chi connectivity index (χ0) is 19.3. The van der Waals surface area contributed by atoms with Crippen molar-refractivity contribution in [3.05, 3.63) is 0 Å². The van der Waals surface area contributed by atoms with Crippen molar-refractivity contribution < 1.29 is 34.7 Å². The summed E-state index contributed by atoms with van der Waals surface area (Å²) in [6.07, 6.45) is 0.201. The van der Waals surface area contributed by atoms with E-state index < -0.39 is 49.7 Å². The molecule has 0 bridgehead atoms. The first-order valence-corrected chi connectivity index (χ1v) is 11.5. The first kappa shape index (κ1) is 20.4. The van der Waals surface area contributed by atoms with Gasteiger partial charge in [-0.2, -0.15) is 16.8 Å². The van der Waals surface area contributed by atoms with Gasteiger partial charge in [0.2, 0.25) is 0 Å². The van der Waals surface area contributed by atoms with Crippen LogP contribution in [0, 0.1) is 0 Å². The van der Waals surface area contributed by atoms with E-state index in [0.29, 0.717) is 12.8 Å². The molecule has 2 atom stereocenters. The van der Waals surface area contributed by atoms with E-state index >= 15 is 0 Å². The molecule has 1 heterocycles. The molecule has 0 aromatic carbocycles. The number of likely N-dealkylation sites (tertiary alicyclic amines) is 1. The van der Waals surface area contributed by atoms with Gasteiger partial charge in [-0.05, 0) is 40.0 Å². The Morgan fingerprint density at radius 2 is 1.56 bits per heavy atom. The number of ether oxygens (including phenoxy) is 1. The molecule has 0 aromatic rings. The summed E-state index contributed by atoms with van der Waals surface area (Å²) in [6.45, 7) is 5.39. The molecule has 2 rings (SSSR count). The molecule has 0 unspecified atom stereocenters. The Bertz CT molecular complexity index is 733. The SMILES string of the molecule is CC(C)(C)OC(=O)N1CC[C@@H](OS(C)(=O)=O)[C@@H](OS(C)(=O)=O)C12CC2. The Morgan fingerprint density at radius 1 is 1.04 bits per heavy atom. The van der Waals surface area contributed by atoms with Gasteiger partial charge in [-0.1, -0.05) is 0 Å². The summed E-state index contributed by atoms with van der Waals surface area (Å²) >= 11 is 0. The predicted octanol–water partition coefficient (Wildman–Crippen LogP) is 0.849. The van der Waals surface area contributed by atoms with Crippen molar-refractivity contribution in [2.45, 2.75) is 63.4 Å². The third-order valence-electron chi connectivity index (χ3n) is 4.00. The summed E-state index contributed by atoms with van der Waals surface area (Å²) in [4.78, 5) is 14.0. The summed E-state index contributed by atoms with van der Waals surface area (Å²) in [5.41, 5.74) is -1.64. The largest absolute Gasteiger partial charge is 0.444 e. The number of carbonyl (C=O) groups excluding carboxylic acids is 1. The number of carbonyl (C=O) groups is 1. The molecule has 1 aliphatic heterocycles. The lowest BCUT2D eigenvalue weighted by Gasteiger charge is -2.44. The highest BCUT2D eigenvalue weighted by Gasteiger charge is 2.63. The third-order valence-corrected chi connectivity index (χ3v) is 5.15. The Morgan fingerprint density at radius 3 is 1.96 bits per heavy atom. The van der Waals surface area contributed by atoms with E-state index in [-0.39, 0.29) is 13.0 Å². The predicted molar refractivity (Wildman–Crippen MR) is 89.0 cm³/mol. The summed E-state index contributed by atoms with van der Waals surface area (Å²) in [7, 11) is -7.69. The minimum Gasteiger partial charge on any atom is -0.444 e. The average molecular weight is 399 g/mol. The maximum absolute atomic E-state index is 12.5. The molecule has 25 heavy (non-hydrogen) atoms. The van der Waals surface area contributed by atoms with Crippen molar-refractivity contribution in [2.24, 2.45) is 0 Å². The standard InChI is InChI=1S/C14H25NO8S2/c1-13(2,3)21-12(16)15-9-6-10(22-24(4,17)18)11(14(15)7-8-14)23-25(5,19)20/h10-11H,6-9H2,1-5H3/t10-,11-/m1/s1. The molecule has 146 valence electrons. The molecule has 0 aromatic heterocycles. The van der Waals surface area contributed by atoms with E-state index in [1.807, 2.05) is 0 Å². The monoisotopic (exact) mass is 399 g/mol. The number of rotatable bonds is 4. The Labute approximate surface area is 148 Å². The minimum absolute atomic E-state index is 0.119. The molecule has 1 saturated heterocycles. The number of nitrogens with zero attached hydrogens (tertiary/aromatic N) is 1. The molecule has 9 nitrogen and oxygen atoms in total. The van der Waals surface area contributed by atoms with Crippen molar-refractivity contribution in [2.75, 3.05) is 19.1 Å². The van der Waals surface area contributed by atoms with Crippen molar-refractivity contribution >= 4 is 26.3 Å².